The minimum Gasteiger partial charge on any atom is -0.313 e. The third kappa shape index (κ3) is 4.12. The standard InChI is InChI=1S/C17H33N/c1-6-15(5)12-16(18-7-2)17(13-14(3)4)10-8-9-11-17/h14,16,18H,5-13H2,1-4H3. The van der Waals surface area contributed by atoms with Crippen LogP contribution >= 0.6 is 0 Å². The molecule has 0 heterocycles. The Morgan fingerprint density at radius 3 is 2.28 bits per heavy atom. The molecule has 0 aliphatic heterocycles. The predicted molar refractivity (Wildman–Crippen MR) is 81.9 cm³/mol. The molecule has 1 fully saturated rings. The molecule has 0 bridgehead atoms. The third-order valence-electron chi connectivity index (χ3n) is 4.60. The summed E-state index contributed by atoms with van der Waals surface area (Å²) in [6, 6.07) is 0.653. The largest absolute Gasteiger partial charge is 0.313 e. The maximum absolute atomic E-state index is 4.24. The molecular formula is C17H33N. The third-order valence-corrected chi connectivity index (χ3v) is 4.60. The van der Waals surface area contributed by atoms with Crippen molar-refractivity contribution in [2.75, 3.05) is 6.54 Å². The minimum absolute atomic E-state index is 0.544. The summed E-state index contributed by atoms with van der Waals surface area (Å²) < 4.78 is 0. The number of hydrogen-bond acceptors (Lipinski definition) is 1. The molecule has 0 saturated heterocycles. The molecule has 0 aromatic heterocycles. The van der Waals surface area contributed by atoms with E-state index in [-0.39, 0.29) is 0 Å². The quantitative estimate of drug-likeness (QED) is 0.603. The Kier molecular flexibility index (Phi) is 6.42. The number of rotatable bonds is 8. The van der Waals surface area contributed by atoms with Crippen LogP contribution in [0.4, 0.5) is 0 Å². The molecule has 1 atom stereocenters. The van der Waals surface area contributed by atoms with Gasteiger partial charge >= 0.3 is 0 Å². The van der Waals surface area contributed by atoms with Gasteiger partial charge in [-0.25, -0.2) is 0 Å². The first-order valence-electron chi connectivity index (χ1n) is 7.94. The molecule has 1 nitrogen and oxygen atoms in total. The summed E-state index contributed by atoms with van der Waals surface area (Å²) in [5.41, 5.74) is 1.96. The first kappa shape index (κ1) is 15.8. The summed E-state index contributed by atoms with van der Waals surface area (Å²) in [5, 5.41) is 3.78. The monoisotopic (exact) mass is 251 g/mol. The highest BCUT2D eigenvalue weighted by Gasteiger charge is 2.40. The van der Waals surface area contributed by atoms with Gasteiger partial charge < -0.3 is 5.32 Å². The van der Waals surface area contributed by atoms with Crippen molar-refractivity contribution < 1.29 is 0 Å². The summed E-state index contributed by atoms with van der Waals surface area (Å²) in [5.74, 6) is 0.805. The van der Waals surface area contributed by atoms with Crippen LogP contribution in [0.15, 0.2) is 12.2 Å². The van der Waals surface area contributed by atoms with Crippen LogP contribution in [0.3, 0.4) is 0 Å². The van der Waals surface area contributed by atoms with Crippen LogP contribution in [-0.2, 0) is 0 Å². The van der Waals surface area contributed by atoms with Crippen molar-refractivity contribution >= 4 is 0 Å². The topological polar surface area (TPSA) is 12.0 Å². The fraction of sp³-hybridized carbons (Fsp3) is 0.882. The van der Waals surface area contributed by atoms with E-state index in [0.29, 0.717) is 11.5 Å². The van der Waals surface area contributed by atoms with Crippen LogP contribution < -0.4 is 5.32 Å². The van der Waals surface area contributed by atoms with E-state index in [0.717, 1.165) is 18.9 Å². The minimum atomic E-state index is 0.544. The molecule has 1 heteroatoms. The maximum atomic E-state index is 4.24. The van der Waals surface area contributed by atoms with E-state index in [1.807, 2.05) is 0 Å². The Bertz CT molecular complexity index is 248. The van der Waals surface area contributed by atoms with E-state index in [1.165, 1.54) is 44.1 Å². The lowest BCUT2D eigenvalue weighted by atomic mass is 9.70. The van der Waals surface area contributed by atoms with Gasteiger partial charge in [0.1, 0.15) is 0 Å². The van der Waals surface area contributed by atoms with Crippen molar-refractivity contribution in [2.45, 2.75) is 78.7 Å². The normalized spacial score (nSPS) is 20.3. The average molecular weight is 251 g/mol. The van der Waals surface area contributed by atoms with E-state index in [1.54, 1.807) is 0 Å². The number of nitrogens with one attached hydrogen (secondary N) is 1. The van der Waals surface area contributed by atoms with Gasteiger partial charge in [-0.15, -0.1) is 0 Å². The molecule has 1 unspecified atom stereocenters. The Hall–Kier alpha value is -0.300. The molecule has 106 valence electrons. The molecule has 1 N–H and O–H groups in total. The molecule has 0 aromatic rings. The van der Waals surface area contributed by atoms with Crippen LogP contribution in [0.2, 0.25) is 0 Å². The summed E-state index contributed by atoms with van der Waals surface area (Å²) in [7, 11) is 0. The lowest BCUT2D eigenvalue weighted by Crippen LogP contribution is -2.45. The molecule has 0 radical (unpaired) electrons. The van der Waals surface area contributed by atoms with Crippen LogP contribution in [0.25, 0.3) is 0 Å². The highest BCUT2D eigenvalue weighted by molar-refractivity contribution is 5.04. The molecular weight excluding hydrogens is 218 g/mol. The molecule has 1 saturated carbocycles. The van der Waals surface area contributed by atoms with Gasteiger partial charge in [0.2, 0.25) is 0 Å². The fourth-order valence-corrected chi connectivity index (χ4v) is 3.77. The molecule has 0 spiro atoms. The van der Waals surface area contributed by atoms with Crippen molar-refractivity contribution in [3.8, 4) is 0 Å². The van der Waals surface area contributed by atoms with Gasteiger partial charge in [-0.05, 0) is 50.0 Å². The SMILES string of the molecule is C=C(CC)CC(NCC)C1(CC(C)C)CCCC1. The van der Waals surface area contributed by atoms with Gasteiger partial charge in [0.05, 0.1) is 0 Å². The maximum Gasteiger partial charge on any atom is 0.0160 e. The van der Waals surface area contributed by atoms with Crippen LogP contribution in [0.5, 0.6) is 0 Å². The van der Waals surface area contributed by atoms with E-state index >= 15 is 0 Å². The Balaban J connectivity index is 2.79. The van der Waals surface area contributed by atoms with Gasteiger partial charge in [0.25, 0.3) is 0 Å². The second-order valence-corrected chi connectivity index (χ2v) is 6.59. The average Bonchev–Trinajstić information content (AvgIpc) is 2.77. The van der Waals surface area contributed by atoms with Crippen molar-refractivity contribution in [2.24, 2.45) is 11.3 Å². The summed E-state index contributed by atoms with van der Waals surface area (Å²) in [6.45, 7) is 14.5. The van der Waals surface area contributed by atoms with Crippen LogP contribution in [0, 0.1) is 11.3 Å². The van der Waals surface area contributed by atoms with Gasteiger partial charge in [-0.2, -0.15) is 0 Å². The van der Waals surface area contributed by atoms with Gasteiger partial charge in [0, 0.05) is 6.04 Å². The lowest BCUT2D eigenvalue weighted by Gasteiger charge is -2.40. The van der Waals surface area contributed by atoms with Crippen molar-refractivity contribution in [3.05, 3.63) is 12.2 Å². The van der Waals surface area contributed by atoms with E-state index < -0.39 is 0 Å². The summed E-state index contributed by atoms with van der Waals surface area (Å²) >= 11 is 0. The molecule has 0 aromatic carbocycles. The Morgan fingerprint density at radius 2 is 1.83 bits per heavy atom. The zero-order chi connectivity index (χ0) is 13.6. The molecule has 18 heavy (non-hydrogen) atoms. The van der Waals surface area contributed by atoms with E-state index in [4.69, 9.17) is 0 Å². The second-order valence-electron chi connectivity index (χ2n) is 6.59. The first-order valence-corrected chi connectivity index (χ1v) is 7.94. The van der Waals surface area contributed by atoms with Crippen molar-refractivity contribution in [3.63, 3.8) is 0 Å². The summed E-state index contributed by atoms with van der Waals surface area (Å²) in [6.07, 6.45) is 9.36. The Morgan fingerprint density at radius 1 is 1.22 bits per heavy atom. The predicted octanol–water partition coefficient (Wildman–Crippen LogP) is 4.93. The van der Waals surface area contributed by atoms with Gasteiger partial charge in [-0.3, -0.25) is 0 Å². The van der Waals surface area contributed by atoms with Gasteiger partial charge in [-0.1, -0.05) is 52.7 Å². The molecule has 1 aliphatic rings. The highest BCUT2D eigenvalue weighted by atomic mass is 14.9. The lowest BCUT2D eigenvalue weighted by molar-refractivity contribution is 0.155. The molecule has 0 amide bonds. The van der Waals surface area contributed by atoms with Crippen molar-refractivity contribution in [1.29, 1.82) is 0 Å². The molecule has 1 aliphatic carbocycles. The first-order chi connectivity index (χ1) is 8.54. The van der Waals surface area contributed by atoms with E-state index in [9.17, 15) is 0 Å². The zero-order valence-corrected chi connectivity index (χ0v) is 13.0. The van der Waals surface area contributed by atoms with Gasteiger partial charge in [0.15, 0.2) is 0 Å². The van der Waals surface area contributed by atoms with Crippen LogP contribution in [-0.4, -0.2) is 12.6 Å². The van der Waals surface area contributed by atoms with Crippen molar-refractivity contribution in [1.82, 2.24) is 5.32 Å². The van der Waals surface area contributed by atoms with Crippen LogP contribution in [0.1, 0.15) is 72.6 Å². The van der Waals surface area contributed by atoms with E-state index in [2.05, 4.69) is 39.6 Å². The fourth-order valence-electron chi connectivity index (χ4n) is 3.77. The molecule has 1 rings (SSSR count). The highest BCUT2D eigenvalue weighted by Crippen LogP contribution is 2.47. The second kappa shape index (κ2) is 7.33. The zero-order valence-electron chi connectivity index (χ0n) is 13.0. The smallest absolute Gasteiger partial charge is 0.0160 e. The summed E-state index contributed by atoms with van der Waals surface area (Å²) in [4.78, 5) is 0. The Labute approximate surface area is 114 Å². The number of hydrogen-bond donors (Lipinski definition) is 1.